The van der Waals surface area contributed by atoms with Crippen LogP contribution in [0.5, 0.6) is 5.75 Å². The molecule has 2 unspecified atom stereocenters. The molecule has 2 saturated heterocycles. The molecule has 3 aromatic rings. The second-order valence-corrected chi connectivity index (χ2v) is 9.35. The summed E-state index contributed by atoms with van der Waals surface area (Å²) < 4.78 is 31.5. The number of hydrogen-bond donors (Lipinski definition) is 2. The minimum atomic E-state index is -0.705. The van der Waals surface area contributed by atoms with E-state index in [9.17, 15) is 9.18 Å². The van der Waals surface area contributed by atoms with Gasteiger partial charge < -0.3 is 24.8 Å². The SMILES string of the molecule is COc1cc2ncnc(Nc3ccc(Cl)c(Cl)c3F)c2cc1NC(=O)C=CCN1CC2OCCOC2C1. The lowest BCUT2D eigenvalue weighted by Crippen LogP contribution is -2.36. The number of carbonyl (C=O) groups is 1. The maximum Gasteiger partial charge on any atom is 0.248 e. The average Bonchev–Trinajstić information content (AvgIpc) is 3.31. The summed E-state index contributed by atoms with van der Waals surface area (Å²) >= 11 is 11.8. The largest absolute Gasteiger partial charge is 0.494 e. The number of methoxy groups -OCH3 is 1. The van der Waals surface area contributed by atoms with Gasteiger partial charge in [-0.2, -0.15) is 0 Å². The first-order chi connectivity index (χ1) is 17.9. The third-order valence-corrected chi connectivity index (χ3v) is 6.95. The molecule has 2 atom stereocenters. The summed E-state index contributed by atoms with van der Waals surface area (Å²) in [6, 6.07) is 6.27. The Balaban J connectivity index is 1.32. The molecule has 12 heteroatoms. The zero-order chi connectivity index (χ0) is 25.9. The number of aromatic nitrogens is 2. The minimum Gasteiger partial charge on any atom is -0.494 e. The first-order valence-electron chi connectivity index (χ1n) is 11.6. The highest BCUT2D eigenvalue weighted by Crippen LogP contribution is 2.35. The number of anilines is 3. The van der Waals surface area contributed by atoms with E-state index in [2.05, 4.69) is 25.5 Å². The van der Waals surface area contributed by atoms with E-state index in [1.807, 2.05) is 0 Å². The number of likely N-dealkylation sites (tertiary alicyclic amines) is 1. The van der Waals surface area contributed by atoms with Crippen molar-refractivity contribution in [3.05, 3.63) is 58.6 Å². The van der Waals surface area contributed by atoms with E-state index in [0.29, 0.717) is 47.9 Å². The van der Waals surface area contributed by atoms with Gasteiger partial charge in [0, 0.05) is 37.2 Å². The van der Waals surface area contributed by atoms with Crippen molar-refractivity contribution >= 4 is 57.2 Å². The topological polar surface area (TPSA) is 97.8 Å². The second kappa shape index (κ2) is 11.2. The number of carbonyl (C=O) groups excluding carboxylic acids is 1. The summed E-state index contributed by atoms with van der Waals surface area (Å²) in [6.07, 6.45) is 4.77. The molecular formula is C25H24Cl2FN5O4. The Morgan fingerprint density at radius 2 is 1.95 bits per heavy atom. The molecule has 0 aliphatic carbocycles. The van der Waals surface area contributed by atoms with Crippen molar-refractivity contribution in [1.29, 1.82) is 0 Å². The van der Waals surface area contributed by atoms with E-state index < -0.39 is 5.82 Å². The van der Waals surface area contributed by atoms with Crippen LogP contribution in [0.1, 0.15) is 0 Å². The number of hydrogen-bond acceptors (Lipinski definition) is 8. The number of fused-ring (bicyclic) bond motifs is 2. The molecule has 1 amide bonds. The van der Waals surface area contributed by atoms with E-state index in [4.69, 9.17) is 37.4 Å². The van der Waals surface area contributed by atoms with E-state index in [-0.39, 0.29) is 33.8 Å². The number of nitrogens with one attached hydrogen (secondary N) is 2. The first-order valence-corrected chi connectivity index (χ1v) is 12.3. The second-order valence-electron chi connectivity index (χ2n) is 8.57. The molecule has 5 rings (SSSR count). The third kappa shape index (κ3) is 5.63. The zero-order valence-electron chi connectivity index (χ0n) is 19.8. The molecular weight excluding hydrogens is 524 g/mol. The van der Waals surface area contributed by atoms with E-state index in [1.54, 1.807) is 18.2 Å². The number of benzene rings is 2. The van der Waals surface area contributed by atoms with Crippen LogP contribution in [-0.4, -0.2) is 72.9 Å². The number of halogens is 3. The smallest absolute Gasteiger partial charge is 0.248 e. The Morgan fingerprint density at radius 3 is 2.68 bits per heavy atom. The van der Waals surface area contributed by atoms with Gasteiger partial charge in [0.2, 0.25) is 5.91 Å². The molecule has 2 aliphatic rings. The van der Waals surface area contributed by atoms with Crippen LogP contribution in [0.4, 0.5) is 21.6 Å². The van der Waals surface area contributed by atoms with Gasteiger partial charge in [0.05, 0.1) is 59.5 Å². The molecule has 37 heavy (non-hydrogen) atoms. The predicted octanol–water partition coefficient (Wildman–Crippen LogP) is 4.42. The Bertz CT molecular complexity index is 1340. The molecule has 0 spiro atoms. The Labute approximate surface area is 222 Å². The predicted molar refractivity (Wildman–Crippen MR) is 139 cm³/mol. The molecule has 2 aliphatic heterocycles. The monoisotopic (exact) mass is 547 g/mol. The zero-order valence-corrected chi connectivity index (χ0v) is 21.4. The molecule has 9 nitrogen and oxygen atoms in total. The Kier molecular flexibility index (Phi) is 7.73. The normalized spacial score (nSPS) is 19.8. The van der Waals surface area contributed by atoms with Crippen LogP contribution in [0.25, 0.3) is 10.9 Å². The summed E-state index contributed by atoms with van der Waals surface area (Å²) in [4.78, 5) is 23.4. The van der Waals surface area contributed by atoms with Crippen LogP contribution in [0.3, 0.4) is 0 Å². The number of amides is 1. The maximum absolute atomic E-state index is 14.6. The fraction of sp³-hybridized carbons (Fsp3) is 0.320. The van der Waals surface area contributed by atoms with E-state index >= 15 is 0 Å². The fourth-order valence-corrected chi connectivity index (χ4v) is 4.68. The highest BCUT2D eigenvalue weighted by Gasteiger charge is 2.35. The van der Waals surface area contributed by atoms with Crippen molar-refractivity contribution in [3.63, 3.8) is 0 Å². The van der Waals surface area contributed by atoms with Crippen LogP contribution in [-0.2, 0) is 14.3 Å². The van der Waals surface area contributed by atoms with Crippen molar-refractivity contribution in [3.8, 4) is 5.75 Å². The molecule has 0 radical (unpaired) electrons. The molecule has 2 N–H and O–H groups in total. The molecule has 0 bridgehead atoms. The van der Waals surface area contributed by atoms with Crippen molar-refractivity contribution in [2.45, 2.75) is 12.2 Å². The van der Waals surface area contributed by atoms with Gasteiger partial charge in [-0.3, -0.25) is 9.69 Å². The van der Waals surface area contributed by atoms with Crippen molar-refractivity contribution in [2.75, 3.05) is 50.6 Å². The van der Waals surface area contributed by atoms with Crippen molar-refractivity contribution in [1.82, 2.24) is 14.9 Å². The summed E-state index contributed by atoms with van der Waals surface area (Å²) in [6.45, 7) is 3.37. The molecule has 2 aromatic carbocycles. The van der Waals surface area contributed by atoms with Crippen LogP contribution in [0.15, 0.2) is 42.7 Å². The number of nitrogens with zero attached hydrogens (tertiary/aromatic N) is 3. The van der Waals surface area contributed by atoms with Crippen LogP contribution >= 0.6 is 23.2 Å². The highest BCUT2D eigenvalue weighted by molar-refractivity contribution is 6.42. The van der Waals surface area contributed by atoms with Crippen LogP contribution < -0.4 is 15.4 Å². The first kappa shape index (κ1) is 25.6. The van der Waals surface area contributed by atoms with Crippen LogP contribution in [0, 0.1) is 5.82 Å². The van der Waals surface area contributed by atoms with Gasteiger partial charge in [0.25, 0.3) is 0 Å². The fourth-order valence-electron chi connectivity index (χ4n) is 4.37. The highest BCUT2D eigenvalue weighted by atomic mass is 35.5. The number of ether oxygens (including phenoxy) is 3. The molecule has 2 fully saturated rings. The lowest BCUT2D eigenvalue weighted by atomic mass is 10.1. The number of rotatable bonds is 7. The molecule has 0 saturated carbocycles. The lowest BCUT2D eigenvalue weighted by Gasteiger charge is -2.24. The van der Waals surface area contributed by atoms with E-state index in [1.165, 1.54) is 31.6 Å². The summed E-state index contributed by atoms with van der Waals surface area (Å²) in [5, 5.41) is 6.20. The summed E-state index contributed by atoms with van der Waals surface area (Å²) in [7, 11) is 1.50. The Hall–Kier alpha value is -3.02. The van der Waals surface area contributed by atoms with Gasteiger partial charge in [-0.05, 0) is 18.2 Å². The van der Waals surface area contributed by atoms with Gasteiger partial charge in [-0.1, -0.05) is 29.3 Å². The molecule has 194 valence electrons. The van der Waals surface area contributed by atoms with E-state index in [0.717, 1.165) is 13.1 Å². The van der Waals surface area contributed by atoms with Gasteiger partial charge in [0.15, 0.2) is 5.82 Å². The van der Waals surface area contributed by atoms with Crippen molar-refractivity contribution < 1.29 is 23.4 Å². The van der Waals surface area contributed by atoms with Gasteiger partial charge in [0.1, 0.15) is 17.9 Å². The average molecular weight is 548 g/mol. The quantitative estimate of drug-likeness (QED) is 0.331. The summed E-state index contributed by atoms with van der Waals surface area (Å²) in [5.41, 5.74) is 1.03. The standard InChI is InChI=1S/C25H24Cl2FN5O4/c1-35-19-10-17-14(25(30-13-29-17)32-16-5-4-15(26)23(27)24(16)28)9-18(19)31-22(34)3-2-6-33-11-20-21(12-33)37-8-7-36-20/h2-5,9-10,13,20-21H,6-8,11-12H2,1H3,(H,31,34)(H,29,30,32). The Morgan fingerprint density at radius 1 is 1.19 bits per heavy atom. The summed E-state index contributed by atoms with van der Waals surface area (Å²) in [5.74, 6) is -0.305. The maximum atomic E-state index is 14.6. The van der Waals surface area contributed by atoms with Gasteiger partial charge in [-0.15, -0.1) is 0 Å². The molecule has 3 heterocycles. The lowest BCUT2D eigenvalue weighted by molar-refractivity contribution is -0.116. The minimum absolute atomic E-state index is 0.0836. The van der Waals surface area contributed by atoms with Gasteiger partial charge >= 0.3 is 0 Å². The van der Waals surface area contributed by atoms with Gasteiger partial charge in [-0.25, -0.2) is 14.4 Å². The third-order valence-electron chi connectivity index (χ3n) is 6.17. The van der Waals surface area contributed by atoms with Crippen LogP contribution in [0.2, 0.25) is 10.0 Å². The van der Waals surface area contributed by atoms with Crippen molar-refractivity contribution in [2.24, 2.45) is 0 Å². The molecule has 1 aromatic heterocycles.